The molecule has 0 radical (unpaired) electrons. The summed E-state index contributed by atoms with van der Waals surface area (Å²) >= 11 is 0.568. The van der Waals surface area contributed by atoms with Crippen molar-refractivity contribution in [3.8, 4) is 11.5 Å². The second-order valence-corrected chi connectivity index (χ2v) is 9.52. The number of imidazole rings is 1. The second kappa shape index (κ2) is 9.50. The van der Waals surface area contributed by atoms with Crippen molar-refractivity contribution in [1.29, 1.82) is 0 Å². The molecule has 1 aliphatic heterocycles. The molecule has 3 aromatic heterocycles. The normalized spacial score (nSPS) is 16.4. The number of para-hydroxylation sites is 2. The first kappa shape index (κ1) is 24.7. The van der Waals surface area contributed by atoms with Crippen molar-refractivity contribution in [2.75, 3.05) is 31.6 Å². The SMILES string of the molecule is COC(=O)c1ccn(CC(=O)N2CCN(c3sc(C(F)(F)F)nc3-c3nc4ccccc4[nH]3)CC2C)n1. The van der Waals surface area contributed by atoms with Crippen LogP contribution in [0.5, 0.6) is 0 Å². The van der Waals surface area contributed by atoms with Gasteiger partial charge in [0.25, 0.3) is 0 Å². The van der Waals surface area contributed by atoms with Crippen molar-refractivity contribution in [3.05, 3.63) is 47.2 Å². The van der Waals surface area contributed by atoms with Crippen LogP contribution >= 0.6 is 11.3 Å². The van der Waals surface area contributed by atoms with E-state index in [4.69, 9.17) is 0 Å². The molecule has 194 valence electrons. The standard InChI is InChI=1S/C23H22F3N7O3S/c1-13-11-31(9-10-33(13)17(34)12-32-8-7-16(30-32)21(35)36-2)20-18(29-22(37-20)23(24,25)26)19-27-14-5-3-4-6-15(14)28-19/h3-8,13H,9-12H2,1-2H3,(H,27,28). The molecule has 1 aliphatic rings. The van der Waals surface area contributed by atoms with Crippen LogP contribution in [0.25, 0.3) is 22.6 Å². The molecule has 1 aromatic carbocycles. The number of halogens is 3. The van der Waals surface area contributed by atoms with Crippen molar-refractivity contribution in [3.63, 3.8) is 0 Å². The highest BCUT2D eigenvalue weighted by atomic mass is 32.1. The van der Waals surface area contributed by atoms with Crippen LogP contribution in [0.3, 0.4) is 0 Å². The molecule has 4 aromatic rings. The summed E-state index contributed by atoms with van der Waals surface area (Å²) in [7, 11) is 1.24. The second-order valence-electron chi connectivity index (χ2n) is 8.55. The molecular weight excluding hydrogens is 511 g/mol. The monoisotopic (exact) mass is 533 g/mol. The Bertz CT molecular complexity index is 1430. The maximum absolute atomic E-state index is 13.6. The van der Waals surface area contributed by atoms with Gasteiger partial charge in [0.2, 0.25) is 10.9 Å². The van der Waals surface area contributed by atoms with E-state index < -0.39 is 17.2 Å². The number of nitrogens with one attached hydrogen (secondary N) is 1. The van der Waals surface area contributed by atoms with Gasteiger partial charge in [-0.3, -0.25) is 9.48 Å². The molecule has 5 rings (SSSR count). The van der Waals surface area contributed by atoms with Crippen LogP contribution in [0.2, 0.25) is 0 Å². The lowest BCUT2D eigenvalue weighted by molar-refractivity contribution is -0.137. The lowest BCUT2D eigenvalue weighted by Gasteiger charge is -2.40. The number of amides is 1. The van der Waals surface area contributed by atoms with E-state index in [9.17, 15) is 22.8 Å². The van der Waals surface area contributed by atoms with Gasteiger partial charge in [0, 0.05) is 31.9 Å². The maximum Gasteiger partial charge on any atom is 0.443 e. The molecule has 1 unspecified atom stereocenters. The number of carbonyl (C=O) groups is 2. The Labute approximate surface area is 212 Å². The molecule has 37 heavy (non-hydrogen) atoms. The minimum Gasteiger partial charge on any atom is -0.464 e. The Morgan fingerprint density at radius 2 is 1.97 bits per heavy atom. The smallest absolute Gasteiger partial charge is 0.443 e. The largest absolute Gasteiger partial charge is 0.464 e. The lowest BCUT2D eigenvalue weighted by atomic mass is 10.2. The Morgan fingerprint density at radius 1 is 1.19 bits per heavy atom. The van der Waals surface area contributed by atoms with Gasteiger partial charge in [0.15, 0.2) is 11.5 Å². The molecule has 1 atom stereocenters. The molecule has 1 fully saturated rings. The zero-order chi connectivity index (χ0) is 26.3. The number of methoxy groups -OCH3 is 1. The number of ether oxygens (including phenoxy) is 1. The zero-order valence-corrected chi connectivity index (χ0v) is 20.6. The van der Waals surface area contributed by atoms with Gasteiger partial charge in [0.1, 0.15) is 17.2 Å². The summed E-state index contributed by atoms with van der Waals surface area (Å²) in [6.45, 7) is 2.67. The number of aromatic amines is 1. The number of H-pyrrole nitrogens is 1. The molecule has 0 saturated carbocycles. The van der Waals surface area contributed by atoms with Crippen LogP contribution in [-0.2, 0) is 22.3 Å². The van der Waals surface area contributed by atoms with Gasteiger partial charge < -0.3 is 19.5 Å². The summed E-state index contributed by atoms with van der Waals surface area (Å²) in [6.07, 6.45) is -3.08. The molecule has 14 heteroatoms. The molecule has 4 heterocycles. The third-order valence-electron chi connectivity index (χ3n) is 6.03. The van der Waals surface area contributed by atoms with E-state index in [1.54, 1.807) is 23.1 Å². The average molecular weight is 534 g/mol. The Morgan fingerprint density at radius 3 is 2.68 bits per heavy atom. The molecule has 0 bridgehead atoms. The fraction of sp³-hybridized carbons (Fsp3) is 0.348. The molecular formula is C23H22F3N7O3S. The van der Waals surface area contributed by atoms with Gasteiger partial charge in [0.05, 0.1) is 18.1 Å². The Balaban J connectivity index is 1.36. The Hall–Kier alpha value is -3.94. The van der Waals surface area contributed by atoms with E-state index in [1.165, 1.54) is 24.1 Å². The van der Waals surface area contributed by atoms with Gasteiger partial charge in [-0.15, -0.1) is 0 Å². The van der Waals surface area contributed by atoms with Crippen LogP contribution in [0.1, 0.15) is 22.4 Å². The Kier molecular flexibility index (Phi) is 6.35. The van der Waals surface area contributed by atoms with E-state index in [2.05, 4.69) is 24.8 Å². The summed E-state index contributed by atoms with van der Waals surface area (Å²) in [5, 5.41) is 3.45. The highest BCUT2D eigenvalue weighted by Gasteiger charge is 2.39. The number of hydrogen-bond acceptors (Lipinski definition) is 8. The molecule has 10 nitrogen and oxygen atoms in total. The first-order valence-electron chi connectivity index (χ1n) is 11.3. The number of esters is 1. The number of alkyl halides is 3. The van der Waals surface area contributed by atoms with E-state index in [0.717, 1.165) is 0 Å². The molecule has 1 saturated heterocycles. The van der Waals surface area contributed by atoms with Crippen LogP contribution in [0.4, 0.5) is 18.2 Å². The minimum atomic E-state index is -4.60. The predicted molar refractivity (Wildman–Crippen MR) is 129 cm³/mol. The number of rotatable bonds is 5. The van der Waals surface area contributed by atoms with Crippen molar-refractivity contribution in [1.82, 2.24) is 29.6 Å². The van der Waals surface area contributed by atoms with E-state index in [0.29, 0.717) is 47.0 Å². The summed E-state index contributed by atoms with van der Waals surface area (Å²) in [5.74, 6) is -0.560. The van der Waals surface area contributed by atoms with Gasteiger partial charge in [-0.25, -0.2) is 14.8 Å². The van der Waals surface area contributed by atoms with Gasteiger partial charge in [-0.05, 0) is 25.1 Å². The van der Waals surface area contributed by atoms with Crippen molar-refractivity contribution in [2.45, 2.75) is 25.7 Å². The summed E-state index contributed by atoms with van der Waals surface area (Å²) in [6, 6.07) is 8.34. The highest BCUT2D eigenvalue weighted by Crippen LogP contribution is 2.42. The van der Waals surface area contributed by atoms with Crippen LogP contribution in [-0.4, -0.2) is 74.3 Å². The quantitative estimate of drug-likeness (QED) is 0.392. The first-order chi connectivity index (χ1) is 17.6. The number of piperazine rings is 1. The van der Waals surface area contributed by atoms with E-state index in [1.807, 2.05) is 17.9 Å². The van der Waals surface area contributed by atoms with Gasteiger partial charge in [-0.1, -0.05) is 23.5 Å². The number of aromatic nitrogens is 5. The van der Waals surface area contributed by atoms with Crippen LogP contribution in [0.15, 0.2) is 36.5 Å². The molecule has 1 N–H and O–H groups in total. The summed E-state index contributed by atoms with van der Waals surface area (Å²) < 4.78 is 46.8. The highest BCUT2D eigenvalue weighted by molar-refractivity contribution is 7.16. The molecule has 1 amide bonds. The number of fused-ring (bicyclic) bond motifs is 1. The van der Waals surface area contributed by atoms with Crippen molar-refractivity contribution < 1.29 is 27.5 Å². The van der Waals surface area contributed by atoms with E-state index >= 15 is 0 Å². The number of carbonyl (C=O) groups excluding carboxylic acids is 2. The topological polar surface area (TPSA) is 109 Å². The van der Waals surface area contributed by atoms with Gasteiger partial charge >= 0.3 is 12.1 Å². The third-order valence-corrected chi connectivity index (χ3v) is 7.19. The maximum atomic E-state index is 13.6. The van der Waals surface area contributed by atoms with Crippen molar-refractivity contribution >= 4 is 39.2 Å². The van der Waals surface area contributed by atoms with Crippen LogP contribution < -0.4 is 4.90 Å². The number of anilines is 1. The zero-order valence-electron chi connectivity index (χ0n) is 19.8. The average Bonchev–Trinajstić information content (AvgIpc) is 3.60. The van der Waals surface area contributed by atoms with Crippen LogP contribution in [0, 0.1) is 0 Å². The van der Waals surface area contributed by atoms with Crippen molar-refractivity contribution in [2.24, 2.45) is 0 Å². The lowest BCUT2D eigenvalue weighted by Crippen LogP contribution is -2.54. The number of nitrogens with zero attached hydrogens (tertiary/aromatic N) is 6. The summed E-state index contributed by atoms with van der Waals surface area (Å²) in [5.41, 5.74) is 1.55. The number of thiazole rings is 1. The fourth-order valence-electron chi connectivity index (χ4n) is 4.27. The predicted octanol–water partition coefficient (Wildman–Crippen LogP) is 3.43. The fourth-order valence-corrected chi connectivity index (χ4v) is 5.24. The van der Waals surface area contributed by atoms with Gasteiger partial charge in [-0.2, -0.15) is 18.3 Å². The molecule has 0 aliphatic carbocycles. The molecule has 0 spiro atoms. The van der Waals surface area contributed by atoms with E-state index in [-0.39, 0.29) is 35.7 Å². The number of benzene rings is 1. The third kappa shape index (κ3) is 4.88. The number of hydrogen-bond donors (Lipinski definition) is 1. The first-order valence-corrected chi connectivity index (χ1v) is 12.1. The summed E-state index contributed by atoms with van der Waals surface area (Å²) in [4.78, 5) is 39.4. The minimum absolute atomic E-state index is 0.0790.